The highest BCUT2D eigenvalue weighted by atomic mass is 16.5. The van der Waals surface area contributed by atoms with Crippen molar-refractivity contribution in [2.24, 2.45) is 11.8 Å². The van der Waals surface area contributed by atoms with Crippen molar-refractivity contribution in [3.8, 4) is 0 Å². The highest BCUT2D eigenvalue weighted by Crippen LogP contribution is 2.58. The number of rotatable bonds is 8. The summed E-state index contributed by atoms with van der Waals surface area (Å²) in [4.78, 5) is 47.8. The van der Waals surface area contributed by atoms with Gasteiger partial charge in [-0.2, -0.15) is 0 Å². The van der Waals surface area contributed by atoms with Crippen LogP contribution in [0.2, 0.25) is 0 Å². The lowest BCUT2D eigenvalue weighted by atomic mass is 9.73. The minimum atomic E-state index is -1.31. The third kappa shape index (κ3) is 3.81. The van der Waals surface area contributed by atoms with E-state index in [-0.39, 0.29) is 37.5 Å². The van der Waals surface area contributed by atoms with Crippen molar-refractivity contribution in [2.75, 3.05) is 32.8 Å². The van der Waals surface area contributed by atoms with Gasteiger partial charge in [0.15, 0.2) is 0 Å². The van der Waals surface area contributed by atoms with E-state index in [2.05, 4.69) is 10.3 Å². The molecule has 11 nitrogen and oxygen atoms in total. The lowest BCUT2D eigenvalue weighted by molar-refractivity contribution is -0.155. The van der Waals surface area contributed by atoms with Crippen molar-refractivity contribution < 1.29 is 24.2 Å². The standard InChI is InChI=1S/C29H36N6O5/c1-3-14-32-15-7-12-28(4-2)22(25(32)37)23-26(38)34(17-9-18-36)24-27(39)33(16-8-13-29(23,24)40-28)19-35-21-11-6-5-10-20(21)30-31-35/h5-8,10-13,22-24,36H,3-4,9,14-19H2,1-2H3/t22-,23+,24?,28+,29+/m1/s1. The minimum absolute atomic E-state index is 0.109. The second-order valence-electron chi connectivity index (χ2n) is 11.1. The van der Waals surface area contributed by atoms with Crippen LogP contribution < -0.4 is 0 Å². The smallest absolute Gasteiger partial charge is 0.250 e. The topological polar surface area (TPSA) is 121 Å². The van der Waals surface area contributed by atoms with Gasteiger partial charge in [-0.1, -0.05) is 55.5 Å². The third-order valence-corrected chi connectivity index (χ3v) is 8.88. The van der Waals surface area contributed by atoms with Gasteiger partial charge in [0, 0.05) is 32.8 Å². The van der Waals surface area contributed by atoms with Crippen LogP contribution in [0.1, 0.15) is 33.1 Å². The van der Waals surface area contributed by atoms with E-state index < -0.39 is 29.1 Å². The number of carbonyl (C=O) groups excluding carboxylic acids is 3. The highest BCUT2D eigenvalue weighted by Gasteiger charge is 2.75. The molecule has 4 aliphatic heterocycles. The molecule has 6 rings (SSSR count). The van der Waals surface area contributed by atoms with E-state index in [9.17, 15) is 19.5 Å². The van der Waals surface area contributed by atoms with Crippen LogP contribution in [0.3, 0.4) is 0 Å². The van der Waals surface area contributed by atoms with Crippen LogP contribution in [0.4, 0.5) is 0 Å². The van der Waals surface area contributed by atoms with Crippen molar-refractivity contribution >= 4 is 28.8 Å². The van der Waals surface area contributed by atoms with E-state index in [0.717, 1.165) is 17.5 Å². The van der Waals surface area contributed by atoms with Gasteiger partial charge in [-0.25, -0.2) is 4.68 Å². The molecule has 0 radical (unpaired) electrons. The van der Waals surface area contributed by atoms with Gasteiger partial charge >= 0.3 is 0 Å². The molecule has 3 amide bonds. The summed E-state index contributed by atoms with van der Waals surface area (Å²) in [6.45, 7) is 5.54. The molecule has 2 saturated heterocycles. The normalized spacial score (nSPS) is 31.5. The molecule has 1 aromatic carbocycles. The van der Waals surface area contributed by atoms with Gasteiger partial charge in [0.25, 0.3) is 5.91 Å². The van der Waals surface area contributed by atoms with E-state index in [1.807, 2.05) is 62.4 Å². The quantitative estimate of drug-likeness (QED) is 0.494. The summed E-state index contributed by atoms with van der Waals surface area (Å²) in [5.41, 5.74) is -0.780. The van der Waals surface area contributed by atoms with Gasteiger partial charge in [-0.05, 0) is 31.4 Å². The van der Waals surface area contributed by atoms with E-state index in [1.165, 1.54) is 4.90 Å². The van der Waals surface area contributed by atoms with Gasteiger partial charge in [0.1, 0.15) is 23.8 Å². The summed E-state index contributed by atoms with van der Waals surface area (Å²) in [5.74, 6) is -2.26. The Morgan fingerprint density at radius 3 is 2.52 bits per heavy atom. The second kappa shape index (κ2) is 10.1. The number of aliphatic hydroxyl groups is 1. The number of aromatic nitrogens is 3. The first-order chi connectivity index (χ1) is 19.4. The molecule has 1 spiro atoms. The molecule has 4 aliphatic rings. The fourth-order valence-corrected chi connectivity index (χ4v) is 7.12. The molecule has 1 unspecified atom stereocenters. The first-order valence-corrected chi connectivity index (χ1v) is 14.2. The number of amides is 3. The lowest BCUT2D eigenvalue weighted by Gasteiger charge is -2.38. The van der Waals surface area contributed by atoms with E-state index in [1.54, 1.807) is 14.5 Å². The van der Waals surface area contributed by atoms with Crippen molar-refractivity contribution in [3.63, 3.8) is 0 Å². The molecule has 2 aromatic rings. The van der Waals surface area contributed by atoms with Crippen molar-refractivity contribution in [1.82, 2.24) is 29.7 Å². The third-order valence-electron chi connectivity index (χ3n) is 8.88. The van der Waals surface area contributed by atoms with Gasteiger partial charge in [-0.15, -0.1) is 5.10 Å². The number of hydrogen-bond donors (Lipinski definition) is 1. The van der Waals surface area contributed by atoms with E-state index in [0.29, 0.717) is 32.5 Å². The molecule has 0 saturated carbocycles. The van der Waals surface area contributed by atoms with E-state index in [4.69, 9.17) is 4.74 Å². The van der Waals surface area contributed by atoms with Crippen LogP contribution in [-0.2, 0) is 25.8 Å². The first kappa shape index (κ1) is 26.6. The predicted octanol–water partition coefficient (Wildman–Crippen LogP) is 1.34. The maximum absolute atomic E-state index is 14.4. The number of nitrogens with zero attached hydrogens (tertiary/aromatic N) is 6. The Bertz CT molecular complexity index is 1390. The Morgan fingerprint density at radius 2 is 1.75 bits per heavy atom. The number of ether oxygens (including phenoxy) is 1. The summed E-state index contributed by atoms with van der Waals surface area (Å²) in [6, 6.07) is 6.57. The molecule has 0 aliphatic carbocycles. The molecular weight excluding hydrogens is 512 g/mol. The molecule has 1 N–H and O–H groups in total. The number of fused-ring (bicyclic) bond motifs is 3. The maximum atomic E-state index is 14.4. The van der Waals surface area contributed by atoms with Crippen LogP contribution in [0, 0.1) is 11.8 Å². The Hall–Kier alpha value is -3.57. The summed E-state index contributed by atoms with van der Waals surface area (Å²) in [7, 11) is 0. The zero-order valence-corrected chi connectivity index (χ0v) is 23.0. The molecule has 11 heteroatoms. The molecule has 1 aromatic heterocycles. The molecule has 5 heterocycles. The zero-order valence-electron chi connectivity index (χ0n) is 23.0. The van der Waals surface area contributed by atoms with Crippen LogP contribution in [-0.4, -0.2) is 103 Å². The van der Waals surface area contributed by atoms with Crippen LogP contribution in [0.5, 0.6) is 0 Å². The minimum Gasteiger partial charge on any atom is -0.396 e. The van der Waals surface area contributed by atoms with E-state index >= 15 is 0 Å². The molecule has 5 atom stereocenters. The molecule has 40 heavy (non-hydrogen) atoms. The molecule has 212 valence electrons. The Balaban J connectivity index is 1.43. The number of likely N-dealkylation sites (tertiary alicyclic amines) is 1. The SMILES string of the molecule is CCCN1CC=C[C@]2(CC)O[C@]34C=CCN(Cn5nnc6ccccc65)C(=O)C3N(CCCO)C(=O)[C@@H]4[C@@H]2C1=O. The van der Waals surface area contributed by atoms with Crippen molar-refractivity contribution in [3.05, 3.63) is 48.6 Å². The van der Waals surface area contributed by atoms with Crippen molar-refractivity contribution in [1.29, 1.82) is 0 Å². The second-order valence-corrected chi connectivity index (χ2v) is 11.1. The average molecular weight is 549 g/mol. The van der Waals surface area contributed by atoms with Crippen molar-refractivity contribution in [2.45, 2.75) is 57.0 Å². The van der Waals surface area contributed by atoms with Crippen LogP contribution >= 0.6 is 0 Å². The molecule has 0 bridgehead atoms. The molecular formula is C29H36N6O5. The maximum Gasteiger partial charge on any atom is 0.250 e. The molecule has 2 fully saturated rings. The van der Waals surface area contributed by atoms with Gasteiger partial charge < -0.3 is 24.5 Å². The first-order valence-electron chi connectivity index (χ1n) is 14.2. The fraction of sp³-hybridized carbons (Fsp3) is 0.552. The summed E-state index contributed by atoms with van der Waals surface area (Å²) >= 11 is 0. The fourth-order valence-electron chi connectivity index (χ4n) is 7.12. The highest BCUT2D eigenvalue weighted by molar-refractivity contribution is 6.00. The Morgan fingerprint density at radius 1 is 0.975 bits per heavy atom. The van der Waals surface area contributed by atoms with Gasteiger partial charge in [-0.3, -0.25) is 14.4 Å². The number of carbonyl (C=O) groups is 3. The number of benzene rings is 1. The summed E-state index contributed by atoms with van der Waals surface area (Å²) in [6.07, 6.45) is 9.24. The summed E-state index contributed by atoms with van der Waals surface area (Å²) < 4.78 is 8.62. The van der Waals surface area contributed by atoms with Crippen LogP contribution in [0.15, 0.2) is 48.6 Å². The largest absolute Gasteiger partial charge is 0.396 e. The lowest BCUT2D eigenvalue weighted by Crippen LogP contribution is -2.56. The number of hydrogen-bond acceptors (Lipinski definition) is 7. The van der Waals surface area contributed by atoms with Crippen LogP contribution in [0.25, 0.3) is 11.0 Å². The van der Waals surface area contributed by atoms with Gasteiger partial charge in [0.2, 0.25) is 11.8 Å². The van der Waals surface area contributed by atoms with Gasteiger partial charge in [0.05, 0.1) is 23.0 Å². The monoisotopic (exact) mass is 548 g/mol. The zero-order chi connectivity index (χ0) is 28.1. The Labute approximate surface area is 233 Å². The number of para-hydroxylation sites is 1. The summed E-state index contributed by atoms with van der Waals surface area (Å²) in [5, 5.41) is 18.1. The number of aliphatic hydroxyl groups excluding tert-OH is 1. The average Bonchev–Trinajstić information content (AvgIpc) is 3.50. The predicted molar refractivity (Wildman–Crippen MR) is 145 cm³/mol. The Kier molecular flexibility index (Phi) is 6.74.